The summed E-state index contributed by atoms with van der Waals surface area (Å²) < 4.78 is 16.0. The third kappa shape index (κ3) is 9.98. The van der Waals surface area contributed by atoms with Gasteiger partial charge in [-0.25, -0.2) is 0 Å². The van der Waals surface area contributed by atoms with Gasteiger partial charge in [-0.1, -0.05) is 71.1 Å². The number of esters is 1. The summed E-state index contributed by atoms with van der Waals surface area (Å²) in [6.07, 6.45) is 15.5. The van der Waals surface area contributed by atoms with Crippen LogP contribution in [-0.4, -0.2) is 32.1 Å². The van der Waals surface area contributed by atoms with Crippen molar-refractivity contribution >= 4 is 5.97 Å². The molecule has 0 aromatic carbocycles. The molecular weight excluding hydrogens is 292 g/mol. The van der Waals surface area contributed by atoms with Crippen LogP contribution in [0.5, 0.6) is 0 Å². The van der Waals surface area contributed by atoms with E-state index in [1.807, 2.05) is 0 Å². The van der Waals surface area contributed by atoms with Crippen LogP contribution in [0.3, 0.4) is 0 Å². The lowest BCUT2D eigenvalue weighted by Gasteiger charge is -2.22. The van der Waals surface area contributed by atoms with Gasteiger partial charge in [-0.2, -0.15) is 0 Å². The van der Waals surface area contributed by atoms with Crippen molar-refractivity contribution in [2.75, 3.05) is 13.9 Å². The van der Waals surface area contributed by atoms with Gasteiger partial charge in [0.1, 0.15) is 12.9 Å². The Morgan fingerprint density at radius 1 is 1.04 bits per heavy atom. The molecule has 1 fully saturated rings. The highest BCUT2D eigenvalue weighted by molar-refractivity contribution is 5.71. The van der Waals surface area contributed by atoms with E-state index in [9.17, 15) is 4.79 Å². The molecule has 23 heavy (non-hydrogen) atoms. The van der Waals surface area contributed by atoms with Gasteiger partial charge in [0.05, 0.1) is 6.10 Å². The molecule has 0 aromatic rings. The molecule has 0 bridgehead atoms. The first-order valence-corrected chi connectivity index (χ1v) is 9.58. The van der Waals surface area contributed by atoms with Crippen LogP contribution in [0.2, 0.25) is 0 Å². The van der Waals surface area contributed by atoms with Gasteiger partial charge in [-0.05, 0) is 12.8 Å². The van der Waals surface area contributed by atoms with E-state index in [4.69, 9.17) is 14.2 Å². The SMILES string of the molecule is CCCCCCCCCCCC[C@@H](OCOC)[C@H]1CCC(=O)O1. The maximum Gasteiger partial charge on any atom is 0.306 e. The minimum absolute atomic E-state index is 0.00422. The zero-order chi connectivity index (χ0) is 16.8. The van der Waals surface area contributed by atoms with E-state index in [0.717, 1.165) is 19.3 Å². The highest BCUT2D eigenvalue weighted by Gasteiger charge is 2.31. The fourth-order valence-corrected chi connectivity index (χ4v) is 3.17. The van der Waals surface area contributed by atoms with Crippen molar-refractivity contribution in [1.29, 1.82) is 0 Å². The van der Waals surface area contributed by atoms with Crippen LogP contribution < -0.4 is 0 Å². The Morgan fingerprint density at radius 2 is 1.65 bits per heavy atom. The van der Waals surface area contributed by atoms with Crippen molar-refractivity contribution < 1.29 is 19.0 Å². The Hall–Kier alpha value is -0.610. The van der Waals surface area contributed by atoms with Gasteiger partial charge in [0.2, 0.25) is 0 Å². The van der Waals surface area contributed by atoms with Gasteiger partial charge in [0, 0.05) is 13.5 Å². The molecule has 136 valence electrons. The lowest BCUT2D eigenvalue weighted by molar-refractivity contribution is -0.154. The van der Waals surface area contributed by atoms with Gasteiger partial charge in [-0.3, -0.25) is 4.79 Å². The van der Waals surface area contributed by atoms with E-state index >= 15 is 0 Å². The second-order valence-corrected chi connectivity index (χ2v) is 6.65. The largest absolute Gasteiger partial charge is 0.460 e. The Kier molecular flexibility index (Phi) is 12.3. The molecule has 0 spiro atoms. The average molecular weight is 328 g/mol. The summed E-state index contributed by atoms with van der Waals surface area (Å²) in [6, 6.07) is 0. The van der Waals surface area contributed by atoms with Crippen molar-refractivity contribution in [3.05, 3.63) is 0 Å². The highest BCUT2D eigenvalue weighted by atomic mass is 16.7. The second kappa shape index (κ2) is 13.8. The fraction of sp³-hybridized carbons (Fsp3) is 0.947. The van der Waals surface area contributed by atoms with Crippen molar-refractivity contribution in [3.63, 3.8) is 0 Å². The number of carbonyl (C=O) groups is 1. The number of cyclic esters (lactones) is 1. The molecule has 1 rings (SSSR count). The minimum Gasteiger partial charge on any atom is -0.460 e. The van der Waals surface area contributed by atoms with E-state index in [0.29, 0.717) is 6.42 Å². The maximum absolute atomic E-state index is 11.3. The van der Waals surface area contributed by atoms with Crippen LogP contribution in [0.1, 0.15) is 90.4 Å². The maximum atomic E-state index is 11.3. The normalized spacial score (nSPS) is 19.0. The summed E-state index contributed by atoms with van der Waals surface area (Å²) in [6.45, 7) is 2.53. The van der Waals surface area contributed by atoms with E-state index in [1.54, 1.807) is 7.11 Å². The topological polar surface area (TPSA) is 44.8 Å². The molecule has 1 heterocycles. The molecule has 4 heteroatoms. The fourth-order valence-electron chi connectivity index (χ4n) is 3.17. The quantitative estimate of drug-likeness (QED) is 0.241. The van der Waals surface area contributed by atoms with Crippen LogP contribution in [0.4, 0.5) is 0 Å². The predicted molar refractivity (Wildman–Crippen MR) is 92.3 cm³/mol. The smallest absolute Gasteiger partial charge is 0.306 e. The van der Waals surface area contributed by atoms with Crippen LogP contribution in [0.25, 0.3) is 0 Å². The average Bonchev–Trinajstić information content (AvgIpc) is 2.98. The summed E-state index contributed by atoms with van der Waals surface area (Å²) in [5.41, 5.74) is 0. The Balaban J connectivity index is 2.02. The van der Waals surface area contributed by atoms with Gasteiger partial charge in [0.15, 0.2) is 0 Å². The van der Waals surface area contributed by atoms with E-state index < -0.39 is 0 Å². The molecule has 2 atom stereocenters. The van der Waals surface area contributed by atoms with Gasteiger partial charge < -0.3 is 14.2 Å². The monoisotopic (exact) mass is 328 g/mol. The molecule has 1 aliphatic heterocycles. The molecule has 1 saturated heterocycles. The summed E-state index contributed by atoms with van der Waals surface area (Å²) in [5.74, 6) is -0.0934. The molecule has 0 aliphatic carbocycles. The third-order valence-electron chi connectivity index (χ3n) is 4.57. The predicted octanol–water partition coefficient (Wildman–Crippen LogP) is 4.99. The van der Waals surface area contributed by atoms with Crippen LogP contribution in [0.15, 0.2) is 0 Å². The molecule has 0 amide bonds. The lowest BCUT2D eigenvalue weighted by atomic mass is 10.0. The molecule has 0 aromatic heterocycles. The second-order valence-electron chi connectivity index (χ2n) is 6.65. The minimum atomic E-state index is -0.0934. The van der Waals surface area contributed by atoms with Crippen LogP contribution >= 0.6 is 0 Å². The van der Waals surface area contributed by atoms with E-state index in [-0.39, 0.29) is 25.0 Å². The van der Waals surface area contributed by atoms with Crippen LogP contribution in [0, 0.1) is 0 Å². The van der Waals surface area contributed by atoms with Crippen LogP contribution in [-0.2, 0) is 19.0 Å². The van der Waals surface area contributed by atoms with E-state index in [2.05, 4.69) is 6.92 Å². The van der Waals surface area contributed by atoms with Crippen molar-refractivity contribution in [1.82, 2.24) is 0 Å². The molecule has 0 unspecified atom stereocenters. The Labute approximate surface area is 142 Å². The molecule has 0 radical (unpaired) electrons. The first kappa shape index (κ1) is 20.4. The number of methoxy groups -OCH3 is 1. The first-order valence-electron chi connectivity index (χ1n) is 9.58. The number of rotatable bonds is 15. The summed E-state index contributed by atoms with van der Waals surface area (Å²) in [7, 11) is 1.62. The molecular formula is C19H36O4. The number of hydrogen-bond donors (Lipinski definition) is 0. The molecule has 0 N–H and O–H groups in total. The summed E-state index contributed by atoms with van der Waals surface area (Å²) in [5, 5.41) is 0. The van der Waals surface area contributed by atoms with Crippen molar-refractivity contribution in [3.8, 4) is 0 Å². The Bertz CT molecular complexity index is 293. The van der Waals surface area contributed by atoms with Gasteiger partial charge in [0.25, 0.3) is 0 Å². The highest BCUT2D eigenvalue weighted by Crippen LogP contribution is 2.23. The number of ether oxygens (including phenoxy) is 3. The molecule has 0 saturated carbocycles. The summed E-state index contributed by atoms with van der Waals surface area (Å²) >= 11 is 0. The lowest BCUT2D eigenvalue weighted by Crippen LogP contribution is -2.29. The van der Waals surface area contributed by atoms with Crippen molar-refractivity contribution in [2.45, 2.75) is 103 Å². The third-order valence-corrected chi connectivity index (χ3v) is 4.57. The Morgan fingerprint density at radius 3 is 2.17 bits per heavy atom. The standard InChI is InChI=1S/C19H36O4/c1-3-4-5-6-7-8-9-10-11-12-13-17(22-16-21-2)18-14-15-19(20)23-18/h17-18H,3-16H2,1-2H3/t17-,18-/m1/s1. The molecule has 1 aliphatic rings. The van der Waals surface area contributed by atoms with Crippen molar-refractivity contribution in [2.24, 2.45) is 0 Å². The zero-order valence-electron chi connectivity index (χ0n) is 15.2. The molecule has 4 nitrogen and oxygen atoms in total. The zero-order valence-corrected chi connectivity index (χ0v) is 15.2. The number of hydrogen-bond acceptors (Lipinski definition) is 4. The number of carbonyl (C=O) groups excluding carboxylic acids is 1. The first-order chi connectivity index (χ1) is 11.3. The van der Waals surface area contributed by atoms with Gasteiger partial charge in [-0.15, -0.1) is 0 Å². The van der Waals surface area contributed by atoms with Gasteiger partial charge >= 0.3 is 5.97 Å². The van der Waals surface area contributed by atoms with E-state index in [1.165, 1.54) is 57.8 Å². The number of unbranched alkanes of at least 4 members (excludes halogenated alkanes) is 9. The summed E-state index contributed by atoms with van der Waals surface area (Å²) in [4.78, 5) is 11.3.